The lowest BCUT2D eigenvalue weighted by molar-refractivity contribution is -0.384. The minimum absolute atomic E-state index is 0.103. The SMILES string of the molecule is CC(C)NCCOCc1cccc([N+](=O)[O-])c1. The number of nitro groups is 1. The summed E-state index contributed by atoms with van der Waals surface area (Å²) in [6, 6.07) is 6.95. The van der Waals surface area contributed by atoms with Crippen molar-refractivity contribution in [1.82, 2.24) is 5.32 Å². The number of nitrogens with one attached hydrogen (secondary N) is 1. The molecule has 0 bridgehead atoms. The van der Waals surface area contributed by atoms with Gasteiger partial charge in [0.1, 0.15) is 0 Å². The Hall–Kier alpha value is -1.46. The van der Waals surface area contributed by atoms with Crippen LogP contribution in [0.2, 0.25) is 0 Å². The van der Waals surface area contributed by atoms with Gasteiger partial charge in [0.2, 0.25) is 0 Å². The van der Waals surface area contributed by atoms with Crippen molar-refractivity contribution >= 4 is 5.69 Å². The van der Waals surface area contributed by atoms with Crippen LogP contribution < -0.4 is 5.32 Å². The van der Waals surface area contributed by atoms with Crippen molar-refractivity contribution in [3.63, 3.8) is 0 Å². The molecule has 0 fully saturated rings. The Kier molecular flexibility index (Phi) is 5.59. The first-order valence-corrected chi connectivity index (χ1v) is 5.64. The Morgan fingerprint density at radius 3 is 2.88 bits per heavy atom. The molecule has 5 heteroatoms. The Bertz CT molecular complexity index is 367. The van der Waals surface area contributed by atoms with Gasteiger partial charge in [0.15, 0.2) is 0 Å². The van der Waals surface area contributed by atoms with Crippen molar-refractivity contribution in [3.05, 3.63) is 39.9 Å². The second kappa shape index (κ2) is 6.98. The van der Waals surface area contributed by atoms with Crippen molar-refractivity contribution in [1.29, 1.82) is 0 Å². The molecule has 5 nitrogen and oxygen atoms in total. The van der Waals surface area contributed by atoms with Crippen LogP contribution in [-0.2, 0) is 11.3 Å². The summed E-state index contributed by atoms with van der Waals surface area (Å²) in [6.07, 6.45) is 0. The van der Waals surface area contributed by atoms with E-state index in [0.29, 0.717) is 19.3 Å². The van der Waals surface area contributed by atoms with Gasteiger partial charge in [0.05, 0.1) is 18.1 Å². The average Bonchev–Trinajstić information content (AvgIpc) is 2.28. The molecule has 0 heterocycles. The monoisotopic (exact) mass is 238 g/mol. The summed E-state index contributed by atoms with van der Waals surface area (Å²) in [6.45, 7) is 5.93. The first-order valence-electron chi connectivity index (χ1n) is 5.64. The summed E-state index contributed by atoms with van der Waals surface area (Å²) in [5.41, 5.74) is 0.926. The Morgan fingerprint density at radius 1 is 1.47 bits per heavy atom. The molecular weight excluding hydrogens is 220 g/mol. The molecule has 0 radical (unpaired) electrons. The normalized spacial score (nSPS) is 10.8. The maximum absolute atomic E-state index is 10.6. The number of nitrogens with zero attached hydrogens (tertiary/aromatic N) is 1. The average molecular weight is 238 g/mol. The highest BCUT2D eigenvalue weighted by Gasteiger charge is 2.05. The summed E-state index contributed by atoms with van der Waals surface area (Å²) < 4.78 is 5.42. The molecule has 0 aliphatic heterocycles. The molecule has 94 valence electrons. The molecule has 0 aromatic heterocycles. The summed E-state index contributed by atoms with van der Waals surface area (Å²) in [5.74, 6) is 0. The zero-order valence-corrected chi connectivity index (χ0v) is 10.2. The van der Waals surface area contributed by atoms with Crippen LogP contribution in [0.15, 0.2) is 24.3 Å². The first-order chi connectivity index (χ1) is 8.09. The van der Waals surface area contributed by atoms with Crippen LogP contribution in [0.4, 0.5) is 5.69 Å². The largest absolute Gasteiger partial charge is 0.375 e. The zero-order valence-electron chi connectivity index (χ0n) is 10.2. The van der Waals surface area contributed by atoms with Gasteiger partial charge in [0, 0.05) is 24.7 Å². The smallest absolute Gasteiger partial charge is 0.269 e. The molecule has 1 aromatic carbocycles. The van der Waals surface area contributed by atoms with Gasteiger partial charge in [-0.05, 0) is 5.56 Å². The lowest BCUT2D eigenvalue weighted by atomic mass is 10.2. The molecule has 1 rings (SSSR count). The van der Waals surface area contributed by atoms with Crippen molar-refractivity contribution in [3.8, 4) is 0 Å². The predicted molar refractivity (Wildman–Crippen MR) is 65.9 cm³/mol. The Labute approximate surface area is 101 Å². The molecule has 0 atom stereocenters. The predicted octanol–water partition coefficient (Wildman–Crippen LogP) is 2.11. The highest BCUT2D eigenvalue weighted by atomic mass is 16.6. The van der Waals surface area contributed by atoms with Crippen molar-refractivity contribution in [2.45, 2.75) is 26.5 Å². The quantitative estimate of drug-likeness (QED) is 0.449. The second-order valence-corrected chi connectivity index (χ2v) is 4.09. The van der Waals surface area contributed by atoms with E-state index in [-0.39, 0.29) is 5.69 Å². The Morgan fingerprint density at radius 2 is 2.24 bits per heavy atom. The number of rotatable bonds is 7. The number of hydrogen-bond acceptors (Lipinski definition) is 4. The minimum Gasteiger partial charge on any atom is -0.375 e. The molecule has 0 spiro atoms. The van der Waals surface area contributed by atoms with Crippen molar-refractivity contribution in [2.75, 3.05) is 13.2 Å². The van der Waals surface area contributed by atoms with E-state index in [1.165, 1.54) is 12.1 Å². The van der Waals surface area contributed by atoms with Gasteiger partial charge in [-0.3, -0.25) is 10.1 Å². The number of ether oxygens (including phenoxy) is 1. The molecule has 0 saturated heterocycles. The summed E-state index contributed by atoms with van der Waals surface area (Å²) >= 11 is 0. The fraction of sp³-hybridized carbons (Fsp3) is 0.500. The van der Waals surface area contributed by atoms with E-state index >= 15 is 0 Å². The van der Waals surface area contributed by atoms with E-state index < -0.39 is 4.92 Å². The Balaban J connectivity index is 2.31. The lowest BCUT2D eigenvalue weighted by Crippen LogP contribution is -2.26. The van der Waals surface area contributed by atoms with Crippen LogP contribution in [0.25, 0.3) is 0 Å². The van der Waals surface area contributed by atoms with Gasteiger partial charge >= 0.3 is 0 Å². The van der Waals surface area contributed by atoms with Gasteiger partial charge in [-0.15, -0.1) is 0 Å². The molecule has 17 heavy (non-hydrogen) atoms. The van der Waals surface area contributed by atoms with Gasteiger partial charge in [-0.2, -0.15) is 0 Å². The molecule has 0 saturated carbocycles. The van der Waals surface area contributed by atoms with Gasteiger partial charge in [0.25, 0.3) is 5.69 Å². The molecular formula is C12H18N2O3. The maximum atomic E-state index is 10.6. The van der Waals surface area contributed by atoms with Gasteiger partial charge < -0.3 is 10.1 Å². The maximum Gasteiger partial charge on any atom is 0.269 e. The molecule has 1 aromatic rings. The molecule has 0 unspecified atom stereocenters. The van der Waals surface area contributed by atoms with Crippen molar-refractivity contribution in [2.24, 2.45) is 0 Å². The summed E-state index contributed by atoms with van der Waals surface area (Å²) in [7, 11) is 0. The van der Waals surface area contributed by atoms with Crippen LogP contribution in [0.3, 0.4) is 0 Å². The van der Waals surface area contributed by atoms with Crippen LogP contribution in [0.5, 0.6) is 0 Å². The number of nitro benzene ring substituents is 1. The van der Waals surface area contributed by atoms with E-state index in [0.717, 1.165) is 12.1 Å². The molecule has 0 amide bonds. The van der Waals surface area contributed by atoms with Crippen LogP contribution in [-0.4, -0.2) is 24.1 Å². The van der Waals surface area contributed by atoms with Gasteiger partial charge in [-0.25, -0.2) is 0 Å². The first kappa shape index (κ1) is 13.6. The van der Waals surface area contributed by atoms with Crippen molar-refractivity contribution < 1.29 is 9.66 Å². The third-order valence-electron chi connectivity index (χ3n) is 2.19. The minimum atomic E-state index is -0.399. The second-order valence-electron chi connectivity index (χ2n) is 4.09. The highest BCUT2D eigenvalue weighted by Crippen LogP contribution is 2.13. The van der Waals surface area contributed by atoms with Gasteiger partial charge in [-0.1, -0.05) is 26.0 Å². The van der Waals surface area contributed by atoms with Crippen LogP contribution >= 0.6 is 0 Å². The topological polar surface area (TPSA) is 64.4 Å². The highest BCUT2D eigenvalue weighted by molar-refractivity contribution is 5.33. The van der Waals surface area contributed by atoms with Crippen LogP contribution in [0, 0.1) is 10.1 Å². The molecule has 1 N–H and O–H groups in total. The fourth-order valence-electron chi connectivity index (χ4n) is 1.37. The fourth-order valence-corrected chi connectivity index (χ4v) is 1.37. The zero-order chi connectivity index (χ0) is 12.7. The lowest BCUT2D eigenvalue weighted by Gasteiger charge is -2.08. The van der Waals surface area contributed by atoms with E-state index in [2.05, 4.69) is 19.2 Å². The summed E-state index contributed by atoms with van der Waals surface area (Å²) in [5, 5.41) is 13.8. The van der Waals surface area contributed by atoms with E-state index in [1.54, 1.807) is 6.07 Å². The van der Waals surface area contributed by atoms with E-state index in [9.17, 15) is 10.1 Å². The number of benzene rings is 1. The van der Waals surface area contributed by atoms with E-state index in [4.69, 9.17) is 4.74 Å². The third kappa shape index (κ3) is 5.42. The third-order valence-corrected chi connectivity index (χ3v) is 2.19. The molecule has 0 aliphatic carbocycles. The standard InChI is InChI=1S/C12H18N2O3/c1-10(2)13-6-7-17-9-11-4-3-5-12(8-11)14(15)16/h3-5,8,10,13H,6-7,9H2,1-2H3. The van der Waals surface area contributed by atoms with E-state index in [1.807, 2.05) is 6.07 Å². The summed E-state index contributed by atoms with van der Waals surface area (Å²) in [4.78, 5) is 10.2. The van der Waals surface area contributed by atoms with Crippen LogP contribution in [0.1, 0.15) is 19.4 Å². The number of non-ortho nitro benzene ring substituents is 1. The molecule has 0 aliphatic rings. The number of hydrogen-bond donors (Lipinski definition) is 1.